The minimum atomic E-state index is -1.71. The first-order chi connectivity index (χ1) is 32.4. The summed E-state index contributed by atoms with van der Waals surface area (Å²) >= 11 is 0. The molecule has 0 aromatic heterocycles. The van der Waals surface area contributed by atoms with Crippen molar-refractivity contribution in [1.29, 1.82) is 0 Å². The van der Waals surface area contributed by atoms with E-state index in [0.717, 1.165) is 40.0 Å². The number of unbranched alkanes of at least 4 members (excludes halogenated alkanes) is 4. The van der Waals surface area contributed by atoms with Gasteiger partial charge in [-0.05, 0) is 25.7 Å². The smallest absolute Gasteiger partial charge is 0.303 e. The number of esters is 5. The summed E-state index contributed by atoms with van der Waals surface area (Å²) in [5, 5.41) is 13.8. The Hall–Kier alpha value is -3.58. The van der Waals surface area contributed by atoms with Crippen LogP contribution in [0.4, 0.5) is 0 Å². The largest absolute Gasteiger partial charge is 0.457 e. The second-order valence-electron chi connectivity index (χ2n) is 16.9. The Labute approximate surface area is 399 Å². The number of aliphatic hydroxyl groups excluding tert-OH is 1. The molecule has 0 radical (unpaired) electrons. The molecule has 3 saturated heterocycles. The Morgan fingerprint density at radius 3 is 1.25 bits per heavy atom. The van der Waals surface area contributed by atoms with E-state index in [9.17, 15) is 33.9 Å². The van der Waals surface area contributed by atoms with Crippen LogP contribution in [0.1, 0.15) is 121 Å². The Morgan fingerprint density at radius 2 is 0.809 bits per heavy atom. The first-order valence-corrected chi connectivity index (χ1v) is 23.9. The zero-order valence-electron chi connectivity index (χ0n) is 41.4. The molecule has 392 valence electrons. The van der Waals surface area contributed by atoms with E-state index in [1.54, 1.807) is 0 Å². The van der Waals surface area contributed by atoms with Crippen LogP contribution in [0.2, 0.25) is 0 Å². The van der Waals surface area contributed by atoms with Crippen molar-refractivity contribution in [2.24, 2.45) is 0 Å². The molecule has 22 heteroatoms. The quantitative estimate of drug-likeness (QED) is 0.0620. The molecule has 2 N–H and O–H groups in total. The SMILES string of the molecule is CCCCOCC1O[C@@H](O)C(NC(C)=O)C(OC(C)=O)[C@@H]1O[C@@H]1OC(COCCCC)[C@H](OC(C)=O)C(O[C@H]2OC(COCCCC)[C@H](OC(C)=O)C(OC(C)=O)C2OCCCC)C1OC(C)=O. The van der Waals surface area contributed by atoms with Crippen LogP contribution in [0.15, 0.2) is 0 Å². The van der Waals surface area contributed by atoms with E-state index in [0.29, 0.717) is 45.3 Å². The van der Waals surface area contributed by atoms with E-state index in [-0.39, 0.29) is 33.0 Å². The van der Waals surface area contributed by atoms with Crippen molar-refractivity contribution in [2.45, 2.75) is 213 Å². The molecular formula is C46H77NO21. The fourth-order valence-corrected chi connectivity index (χ4v) is 7.84. The maximum Gasteiger partial charge on any atom is 0.303 e. The van der Waals surface area contributed by atoms with Gasteiger partial charge >= 0.3 is 29.8 Å². The number of rotatable bonds is 29. The summed E-state index contributed by atoms with van der Waals surface area (Å²) in [7, 11) is 0. The Bertz CT molecular complexity index is 1550. The van der Waals surface area contributed by atoms with Crippen LogP contribution in [0, 0.1) is 0 Å². The van der Waals surface area contributed by atoms with Gasteiger partial charge in [-0.15, -0.1) is 0 Å². The lowest BCUT2D eigenvalue weighted by molar-refractivity contribution is -0.378. The highest BCUT2D eigenvalue weighted by atomic mass is 16.8. The van der Waals surface area contributed by atoms with Gasteiger partial charge in [0.25, 0.3) is 0 Å². The summed E-state index contributed by atoms with van der Waals surface area (Å²) in [4.78, 5) is 76.9. The highest BCUT2D eigenvalue weighted by Crippen LogP contribution is 2.38. The third kappa shape index (κ3) is 19.0. The molecule has 0 aliphatic carbocycles. The zero-order chi connectivity index (χ0) is 50.3. The van der Waals surface area contributed by atoms with Crippen LogP contribution in [-0.4, -0.2) is 179 Å². The molecule has 0 aromatic carbocycles. The minimum absolute atomic E-state index is 0.100. The molecule has 22 nitrogen and oxygen atoms in total. The van der Waals surface area contributed by atoms with Gasteiger partial charge in [-0.2, -0.15) is 0 Å². The predicted molar refractivity (Wildman–Crippen MR) is 235 cm³/mol. The van der Waals surface area contributed by atoms with Crippen LogP contribution in [0.25, 0.3) is 0 Å². The van der Waals surface area contributed by atoms with Gasteiger partial charge < -0.3 is 76.7 Å². The van der Waals surface area contributed by atoms with Crippen LogP contribution in [-0.2, 0) is 95.1 Å². The highest BCUT2D eigenvalue weighted by molar-refractivity contribution is 5.73. The molecule has 3 aliphatic heterocycles. The van der Waals surface area contributed by atoms with Crippen molar-refractivity contribution in [2.75, 3.05) is 46.2 Å². The second-order valence-corrected chi connectivity index (χ2v) is 16.9. The van der Waals surface area contributed by atoms with E-state index >= 15 is 0 Å². The van der Waals surface area contributed by atoms with Crippen molar-refractivity contribution in [3.63, 3.8) is 0 Å². The number of amides is 1. The fourth-order valence-electron chi connectivity index (χ4n) is 7.84. The maximum absolute atomic E-state index is 13.2. The lowest BCUT2D eigenvalue weighted by Gasteiger charge is -2.50. The molecule has 9 unspecified atom stereocenters. The summed E-state index contributed by atoms with van der Waals surface area (Å²) in [6, 6.07) is -1.38. The predicted octanol–water partition coefficient (Wildman–Crippen LogP) is 2.72. The van der Waals surface area contributed by atoms with Crippen LogP contribution in [0.3, 0.4) is 0 Å². The number of carbonyl (C=O) groups is 6. The van der Waals surface area contributed by atoms with Crippen molar-refractivity contribution >= 4 is 35.8 Å². The van der Waals surface area contributed by atoms with Gasteiger partial charge in [0.2, 0.25) is 5.91 Å². The van der Waals surface area contributed by atoms with Crippen molar-refractivity contribution in [3.8, 4) is 0 Å². The third-order valence-electron chi connectivity index (χ3n) is 10.9. The average molecular weight is 980 g/mol. The molecule has 3 fully saturated rings. The molecule has 0 bridgehead atoms. The molecule has 0 saturated carbocycles. The molecule has 1 amide bonds. The number of carbonyl (C=O) groups excluding carboxylic acids is 6. The number of nitrogens with one attached hydrogen (secondary N) is 1. The number of aliphatic hydroxyl groups is 1. The Kier molecular flexibility index (Phi) is 26.7. The summed E-state index contributed by atoms with van der Waals surface area (Å²) in [6.07, 6.45) is -14.4. The molecule has 3 heterocycles. The van der Waals surface area contributed by atoms with Crippen LogP contribution >= 0.6 is 0 Å². The summed E-state index contributed by atoms with van der Waals surface area (Å²) in [5.41, 5.74) is 0. The average Bonchev–Trinajstić information content (AvgIpc) is 3.25. The van der Waals surface area contributed by atoms with E-state index in [2.05, 4.69) is 5.32 Å². The summed E-state index contributed by atoms with van der Waals surface area (Å²) < 4.78 is 86.3. The first kappa shape index (κ1) is 58.7. The van der Waals surface area contributed by atoms with E-state index in [1.807, 2.05) is 27.7 Å². The van der Waals surface area contributed by atoms with E-state index < -0.39 is 128 Å². The van der Waals surface area contributed by atoms with Gasteiger partial charge in [-0.25, -0.2) is 0 Å². The van der Waals surface area contributed by atoms with Crippen LogP contribution in [0.5, 0.6) is 0 Å². The molecule has 0 spiro atoms. The Morgan fingerprint density at radius 1 is 0.441 bits per heavy atom. The van der Waals surface area contributed by atoms with Gasteiger partial charge in [-0.3, -0.25) is 28.8 Å². The van der Waals surface area contributed by atoms with Crippen molar-refractivity contribution in [3.05, 3.63) is 0 Å². The summed E-state index contributed by atoms with van der Waals surface area (Å²) in [5.74, 6) is -4.49. The van der Waals surface area contributed by atoms with Gasteiger partial charge in [0.05, 0.1) is 19.8 Å². The van der Waals surface area contributed by atoms with Crippen LogP contribution < -0.4 is 5.32 Å². The maximum atomic E-state index is 13.2. The first-order valence-electron chi connectivity index (χ1n) is 23.9. The van der Waals surface area contributed by atoms with E-state index in [4.69, 9.17) is 66.3 Å². The number of hydrogen-bond donors (Lipinski definition) is 2. The topological polar surface area (TPSA) is 264 Å². The number of hydrogen-bond acceptors (Lipinski definition) is 21. The standard InChI is InChI=1S/C46H77NO21/c1-11-15-19-55-23-32-36(39(61-29(8)51)35(44(54)64-32)47-26(5)48)67-46-43(63-31(10)53)41(38(60-28(7)50)34(66-46)25-57-21-17-13-3)68-45-42(58-22-18-14-4)40(62-30(9)52)37(59-27(6)49)33(65-45)24-56-20-16-12-2/h32-46,54H,11-25H2,1-10H3,(H,47,48)/t32?,33?,34?,35?,36-,37+,38+,39?,40?,41?,42?,43?,44-,45-,46+/m1/s1. The zero-order valence-corrected chi connectivity index (χ0v) is 41.4. The molecule has 3 aliphatic rings. The van der Waals surface area contributed by atoms with Gasteiger partial charge in [0.1, 0.15) is 42.7 Å². The van der Waals surface area contributed by atoms with Gasteiger partial charge in [0, 0.05) is 68.0 Å². The monoisotopic (exact) mass is 979 g/mol. The normalized spacial score (nSPS) is 31.5. The Balaban J connectivity index is 2.31. The van der Waals surface area contributed by atoms with E-state index in [1.165, 1.54) is 20.8 Å². The van der Waals surface area contributed by atoms with Gasteiger partial charge in [0.15, 0.2) is 49.4 Å². The summed E-state index contributed by atoms with van der Waals surface area (Å²) in [6.45, 7) is 15.2. The second kappa shape index (κ2) is 30.9. The van der Waals surface area contributed by atoms with Gasteiger partial charge in [-0.1, -0.05) is 53.4 Å². The molecule has 0 aromatic rings. The lowest BCUT2D eigenvalue weighted by atomic mass is 9.94. The number of ether oxygens (including phenoxy) is 14. The fraction of sp³-hybridized carbons (Fsp3) is 0.870. The van der Waals surface area contributed by atoms with Crippen molar-refractivity contribution < 1.29 is 100 Å². The molecular weight excluding hydrogens is 902 g/mol. The molecule has 15 atom stereocenters. The minimum Gasteiger partial charge on any atom is -0.457 e. The molecule has 68 heavy (non-hydrogen) atoms. The molecule has 3 rings (SSSR count). The lowest BCUT2D eigenvalue weighted by Crippen LogP contribution is -2.69. The van der Waals surface area contributed by atoms with Crippen molar-refractivity contribution in [1.82, 2.24) is 5.32 Å². The third-order valence-corrected chi connectivity index (χ3v) is 10.9. The highest BCUT2D eigenvalue weighted by Gasteiger charge is 2.59.